The molecule has 0 saturated carbocycles. The Labute approximate surface area is 112 Å². The number of alkyl halides is 3. The summed E-state index contributed by atoms with van der Waals surface area (Å²) in [4.78, 5) is 11.6. The molecule has 0 radical (unpaired) electrons. The van der Waals surface area contributed by atoms with Gasteiger partial charge in [0.1, 0.15) is 0 Å². The highest BCUT2D eigenvalue weighted by molar-refractivity contribution is 8.15. The molecule has 3 rings (SSSR count). The first kappa shape index (κ1) is 13.0. The zero-order valence-corrected chi connectivity index (χ0v) is 11.0. The summed E-state index contributed by atoms with van der Waals surface area (Å²) in [5, 5.41) is 3.09. The van der Waals surface area contributed by atoms with Crippen molar-refractivity contribution in [3.8, 4) is 0 Å². The van der Waals surface area contributed by atoms with Crippen LogP contribution in [-0.4, -0.2) is 17.7 Å². The third-order valence-electron chi connectivity index (χ3n) is 3.82. The standard InChI is InChI=1S/C13H12F3NOS/c1-7-2-3-8(4-9(7)13(14,15)16)12-5-10(17-6-12)11(18)19-12/h2-4,10,17H,5-6H2,1H3. The molecule has 0 aromatic heterocycles. The Morgan fingerprint density at radius 3 is 2.68 bits per heavy atom. The molecule has 1 N–H and O–H groups in total. The second kappa shape index (κ2) is 3.99. The number of benzene rings is 1. The van der Waals surface area contributed by atoms with E-state index in [0.717, 1.165) is 0 Å². The molecule has 2 unspecified atom stereocenters. The van der Waals surface area contributed by atoms with Gasteiger partial charge in [-0.3, -0.25) is 4.79 Å². The first-order chi connectivity index (χ1) is 8.82. The number of hydrogen-bond acceptors (Lipinski definition) is 3. The lowest BCUT2D eigenvalue weighted by atomic mass is 9.92. The van der Waals surface area contributed by atoms with Crippen molar-refractivity contribution < 1.29 is 18.0 Å². The van der Waals surface area contributed by atoms with Crippen LogP contribution in [0.5, 0.6) is 0 Å². The number of halogens is 3. The van der Waals surface area contributed by atoms with Crippen molar-refractivity contribution in [1.82, 2.24) is 5.32 Å². The van der Waals surface area contributed by atoms with E-state index in [1.54, 1.807) is 6.07 Å². The number of aryl methyl sites for hydroxylation is 1. The largest absolute Gasteiger partial charge is 0.416 e. The molecule has 1 aromatic rings. The van der Waals surface area contributed by atoms with Gasteiger partial charge in [-0.05, 0) is 30.5 Å². The van der Waals surface area contributed by atoms with Gasteiger partial charge in [-0.15, -0.1) is 0 Å². The summed E-state index contributed by atoms with van der Waals surface area (Å²) in [5.41, 5.74) is 0.198. The summed E-state index contributed by atoms with van der Waals surface area (Å²) in [6, 6.07) is 4.19. The van der Waals surface area contributed by atoms with Crippen molar-refractivity contribution in [2.75, 3.05) is 6.54 Å². The molecule has 19 heavy (non-hydrogen) atoms. The van der Waals surface area contributed by atoms with Gasteiger partial charge in [0.15, 0.2) is 0 Å². The molecule has 2 aliphatic rings. The maximum Gasteiger partial charge on any atom is 0.416 e. The van der Waals surface area contributed by atoms with Gasteiger partial charge in [0.25, 0.3) is 0 Å². The molecule has 0 spiro atoms. The molecular weight excluding hydrogens is 275 g/mol. The van der Waals surface area contributed by atoms with E-state index in [-0.39, 0.29) is 16.7 Å². The van der Waals surface area contributed by atoms with Crippen LogP contribution in [-0.2, 0) is 15.7 Å². The van der Waals surface area contributed by atoms with Gasteiger partial charge < -0.3 is 5.32 Å². The Kier molecular flexibility index (Phi) is 2.73. The van der Waals surface area contributed by atoms with Crippen LogP contribution < -0.4 is 5.32 Å². The molecule has 2 fully saturated rings. The molecule has 2 nitrogen and oxygen atoms in total. The lowest BCUT2D eigenvalue weighted by Gasteiger charge is -2.26. The maximum absolute atomic E-state index is 12.9. The molecular formula is C13H12F3NOS. The maximum atomic E-state index is 12.9. The minimum atomic E-state index is -4.35. The van der Waals surface area contributed by atoms with Gasteiger partial charge >= 0.3 is 6.18 Å². The lowest BCUT2D eigenvalue weighted by Crippen LogP contribution is -2.34. The van der Waals surface area contributed by atoms with Crippen molar-refractivity contribution in [3.63, 3.8) is 0 Å². The highest BCUT2D eigenvalue weighted by atomic mass is 32.2. The molecule has 2 aliphatic heterocycles. The van der Waals surface area contributed by atoms with E-state index in [1.807, 2.05) is 0 Å². The Balaban J connectivity index is 2.05. The van der Waals surface area contributed by atoms with Crippen LogP contribution in [0, 0.1) is 6.92 Å². The quantitative estimate of drug-likeness (QED) is 0.861. The molecule has 0 aliphatic carbocycles. The number of fused-ring (bicyclic) bond motifs is 2. The minimum absolute atomic E-state index is 0.0281. The van der Waals surface area contributed by atoms with Crippen LogP contribution in [0.4, 0.5) is 13.2 Å². The second-order valence-electron chi connectivity index (χ2n) is 5.08. The average Bonchev–Trinajstić information content (AvgIpc) is 2.86. The van der Waals surface area contributed by atoms with Gasteiger partial charge in [-0.2, -0.15) is 13.2 Å². The predicted molar refractivity (Wildman–Crippen MR) is 66.9 cm³/mol. The third-order valence-corrected chi connectivity index (χ3v) is 5.24. The van der Waals surface area contributed by atoms with Crippen LogP contribution >= 0.6 is 11.8 Å². The number of rotatable bonds is 1. The van der Waals surface area contributed by atoms with Gasteiger partial charge in [0.05, 0.1) is 16.4 Å². The van der Waals surface area contributed by atoms with E-state index >= 15 is 0 Å². The monoisotopic (exact) mass is 287 g/mol. The van der Waals surface area contributed by atoms with Crippen molar-refractivity contribution in [1.29, 1.82) is 0 Å². The van der Waals surface area contributed by atoms with Gasteiger partial charge in [0, 0.05) is 6.54 Å². The van der Waals surface area contributed by atoms with Crippen LogP contribution in [0.1, 0.15) is 23.1 Å². The molecule has 102 valence electrons. The van der Waals surface area contributed by atoms with E-state index in [2.05, 4.69) is 5.32 Å². The first-order valence-electron chi connectivity index (χ1n) is 5.96. The summed E-state index contributed by atoms with van der Waals surface area (Å²) in [7, 11) is 0. The number of carbonyl (C=O) groups excluding carboxylic acids is 1. The fourth-order valence-electron chi connectivity index (χ4n) is 2.76. The fraction of sp³-hybridized carbons (Fsp3) is 0.462. The highest BCUT2D eigenvalue weighted by Gasteiger charge is 2.52. The third kappa shape index (κ3) is 1.97. The summed E-state index contributed by atoms with van der Waals surface area (Å²) in [6.45, 7) is 2.00. The smallest absolute Gasteiger partial charge is 0.305 e. The van der Waals surface area contributed by atoms with Gasteiger partial charge in [0.2, 0.25) is 5.12 Å². The SMILES string of the molecule is Cc1ccc(C23CNC(C2)C(=O)S3)cc1C(F)(F)F. The normalized spacial score (nSPS) is 30.1. The summed E-state index contributed by atoms with van der Waals surface area (Å²) < 4.78 is 38.3. The van der Waals surface area contributed by atoms with E-state index in [9.17, 15) is 18.0 Å². The lowest BCUT2D eigenvalue weighted by molar-refractivity contribution is -0.138. The predicted octanol–water partition coefficient (Wildman–Crippen LogP) is 2.84. The zero-order valence-electron chi connectivity index (χ0n) is 10.2. The molecule has 2 bridgehead atoms. The topological polar surface area (TPSA) is 29.1 Å². The Morgan fingerprint density at radius 2 is 2.16 bits per heavy atom. The molecule has 0 amide bonds. The fourth-order valence-corrected chi connectivity index (χ4v) is 4.10. The summed E-state index contributed by atoms with van der Waals surface area (Å²) in [6.07, 6.45) is -3.77. The van der Waals surface area contributed by atoms with E-state index in [0.29, 0.717) is 18.5 Å². The highest BCUT2D eigenvalue weighted by Crippen LogP contribution is 2.51. The average molecular weight is 287 g/mol. The van der Waals surface area contributed by atoms with E-state index < -0.39 is 16.5 Å². The zero-order chi connectivity index (χ0) is 13.8. The van der Waals surface area contributed by atoms with Crippen LogP contribution in [0.25, 0.3) is 0 Å². The number of hydrogen-bond donors (Lipinski definition) is 1. The van der Waals surface area contributed by atoms with Crippen LogP contribution in [0.15, 0.2) is 18.2 Å². The summed E-state index contributed by atoms with van der Waals surface area (Å²) >= 11 is 1.17. The van der Waals surface area contributed by atoms with E-state index in [1.165, 1.54) is 30.8 Å². The number of carbonyl (C=O) groups is 1. The molecule has 1 aromatic carbocycles. The Morgan fingerprint density at radius 1 is 1.42 bits per heavy atom. The number of thioether (sulfide) groups is 1. The molecule has 2 saturated heterocycles. The van der Waals surface area contributed by atoms with Gasteiger partial charge in [-0.1, -0.05) is 23.9 Å². The Hall–Kier alpha value is -1.01. The Bertz CT molecular complexity index is 557. The minimum Gasteiger partial charge on any atom is -0.305 e. The van der Waals surface area contributed by atoms with Gasteiger partial charge in [-0.25, -0.2) is 0 Å². The first-order valence-corrected chi connectivity index (χ1v) is 6.78. The van der Waals surface area contributed by atoms with E-state index in [4.69, 9.17) is 0 Å². The molecule has 2 atom stereocenters. The number of nitrogens with one attached hydrogen (secondary N) is 1. The van der Waals surface area contributed by atoms with Crippen molar-refractivity contribution in [2.45, 2.75) is 30.3 Å². The second-order valence-corrected chi connectivity index (χ2v) is 6.47. The van der Waals surface area contributed by atoms with Crippen LogP contribution in [0.2, 0.25) is 0 Å². The van der Waals surface area contributed by atoms with Crippen molar-refractivity contribution in [2.24, 2.45) is 0 Å². The van der Waals surface area contributed by atoms with Crippen molar-refractivity contribution >= 4 is 16.9 Å². The van der Waals surface area contributed by atoms with Crippen molar-refractivity contribution in [3.05, 3.63) is 34.9 Å². The summed E-state index contributed by atoms with van der Waals surface area (Å²) in [5.74, 6) is 0. The molecule has 2 heterocycles. The molecule has 6 heteroatoms. The van der Waals surface area contributed by atoms with Crippen LogP contribution in [0.3, 0.4) is 0 Å².